The van der Waals surface area contributed by atoms with Gasteiger partial charge in [0.25, 0.3) is 0 Å². The van der Waals surface area contributed by atoms with Crippen LogP contribution in [0.2, 0.25) is 5.02 Å². The lowest BCUT2D eigenvalue weighted by Gasteiger charge is -2.18. The van der Waals surface area contributed by atoms with Gasteiger partial charge in [0.05, 0.1) is 5.02 Å². The van der Waals surface area contributed by atoms with E-state index in [-0.39, 0.29) is 0 Å². The summed E-state index contributed by atoms with van der Waals surface area (Å²) < 4.78 is 2.13. The molecule has 0 radical (unpaired) electrons. The first kappa shape index (κ1) is 15.5. The third-order valence-electron chi connectivity index (χ3n) is 2.88. The molecule has 0 fully saturated rings. The minimum atomic E-state index is 0.300. The molecule has 0 aliphatic heterocycles. The maximum atomic E-state index is 6.06. The van der Waals surface area contributed by atoms with Gasteiger partial charge in [-0.2, -0.15) is 0 Å². The first-order chi connectivity index (χ1) is 9.11. The van der Waals surface area contributed by atoms with Crippen molar-refractivity contribution in [1.29, 1.82) is 0 Å². The second-order valence-electron chi connectivity index (χ2n) is 4.18. The van der Waals surface area contributed by atoms with Crippen molar-refractivity contribution in [3.05, 3.63) is 54.1 Å². The number of rotatable bonds is 5. The Bertz CT molecular complexity index is 556. The maximum Gasteiger partial charge on any atom is 0.0548 e. The Kier molecular flexibility index (Phi) is 5.90. The zero-order chi connectivity index (χ0) is 13.8. The monoisotopic (exact) mass is 421 g/mol. The Morgan fingerprint density at radius 1 is 1.26 bits per heavy atom. The Hall–Kier alpha value is 0.130. The van der Waals surface area contributed by atoms with Gasteiger partial charge in [-0.05, 0) is 67.5 Å². The normalized spacial score (nSPS) is 12.6. The van der Waals surface area contributed by atoms with Crippen LogP contribution in [-0.2, 0) is 6.42 Å². The van der Waals surface area contributed by atoms with Crippen molar-refractivity contribution >= 4 is 54.8 Å². The van der Waals surface area contributed by atoms with E-state index in [1.54, 1.807) is 11.3 Å². The summed E-state index contributed by atoms with van der Waals surface area (Å²) in [5.74, 6) is 0. The Morgan fingerprint density at radius 2 is 2.05 bits per heavy atom. The third kappa shape index (κ3) is 4.05. The Balaban J connectivity index is 2.24. The molecule has 1 N–H and O–H groups in total. The predicted octanol–water partition coefficient (Wildman–Crippen LogP) is 5.82. The molecule has 2 rings (SSSR count). The number of likely N-dealkylation sites (N-methyl/N-ethyl adjacent to an activating group) is 1. The lowest BCUT2D eigenvalue weighted by molar-refractivity contribution is 0.552. The van der Waals surface area contributed by atoms with Gasteiger partial charge in [0.15, 0.2) is 0 Å². The molecule has 0 bridgehead atoms. The van der Waals surface area contributed by atoms with E-state index in [9.17, 15) is 0 Å². The summed E-state index contributed by atoms with van der Waals surface area (Å²) >= 11 is 14.9. The smallest absolute Gasteiger partial charge is 0.0548 e. The molecule has 0 aliphatic carbocycles. The molecule has 1 aromatic heterocycles. The molecular formula is C14H14Br2ClNS. The summed E-state index contributed by atoms with van der Waals surface area (Å²) in [5.41, 5.74) is 1.25. The van der Waals surface area contributed by atoms with Crippen LogP contribution < -0.4 is 5.32 Å². The molecule has 1 atom stereocenters. The van der Waals surface area contributed by atoms with Gasteiger partial charge in [0.1, 0.15) is 0 Å². The van der Waals surface area contributed by atoms with Crippen molar-refractivity contribution in [3.8, 4) is 0 Å². The quantitative estimate of drug-likeness (QED) is 0.639. The largest absolute Gasteiger partial charge is 0.310 e. The van der Waals surface area contributed by atoms with Gasteiger partial charge in [0.2, 0.25) is 0 Å². The van der Waals surface area contributed by atoms with E-state index in [0.29, 0.717) is 6.04 Å². The van der Waals surface area contributed by atoms with Crippen molar-refractivity contribution in [1.82, 2.24) is 5.32 Å². The molecule has 0 amide bonds. The molecule has 1 unspecified atom stereocenters. The number of thiophene rings is 1. The molecule has 102 valence electrons. The fraction of sp³-hybridized carbons (Fsp3) is 0.286. The van der Waals surface area contributed by atoms with Gasteiger partial charge < -0.3 is 5.32 Å². The minimum Gasteiger partial charge on any atom is -0.310 e. The van der Waals surface area contributed by atoms with Crippen molar-refractivity contribution in [3.63, 3.8) is 0 Å². The number of halogens is 3. The van der Waals surface area contributed by atoms with Crippen LogP contribution in [0.25, 0.3) is 0 Å². The average Bonchev–Trinajstić information content (AvgIpc) is 2.78. The van der Waals surface area contributed by atoms with Gasteiger partial charge in [-0.3, -0.25) is 0 Å². The number of hydrogen-bond donors (Lipinski definition) is 1. The zero-order valence-corrected chi connectivity index (χ0v) is 15.2. The molecule has 5 heteroatoms. The van der Waals surface area contributed by atoms with E-state index in [2.05, 4.69) is 67.7 Å². The van der Waals surface area contributed by atoms with Crippen molar-refractivity contribution in [2.24, 2.45) is 0 Å². The molecule has 1 nitrogen and oxygen atoms in total. The summed E-state index contributed by atoms with van der Waals surface area (Å²) in [6.07, 6.45) is 0.972. The summed E-state index contributed by atoms with van der Waals surface area (Å²) in [4.78, 5) is 1.36. The molecule has 0 spiro atoms. The van der Waals surface area contributed by atoms with Gasteiger partial charge in [-0.1, -0.05) is 24.6 Å². The molecule has 0 saturated heterocycles. The molecule has 2 aromatic rings. The number of hydrogen-bond acceptors (Lipinski definition) is 2. The van der Waals surface area contributed by atoms with Crippen LogP contribution in [0.15, 0.2) is 38.6 Å². The highest BCUT2D eigenvalue weighted by Crippen LogP contribution is 2.31. The number of benzene rings is 1. The van der Waals surface area contributed by atoms with Crippen LogP contribution in [0.5, 0.6) is 0 Å². The van der Waals surface area contributed by atoms with Crippen LogP contribution in [0.4, 0.5) is 0 Å². The fourth-order valence-electron chi connectivity index (χ4n) is 1.94. The topological polar surface area (TPSA) is 12.0 Å². The lowest BCUT2D eigenvalue weighted by Crippen LogP contribution is -2.22. The van der Waals surface area contributed by atoms with E-state index >= 15 is 0 Å². The fourth-order valence-corrected chi connectivity index (χ4v) is 4.01. The van der Waals surface area contributed by atoms with E-state index in [4.69, 9.17) is 11.6 Å². The van der Waals surface area contributed by atoms with Crippen LogP contribution in [0.3, 0.4) is 0 Å². The molecule has 1 aromatic carbocycles. The van der Waals surface area contributed by atoms with E-state index in [1.807, 2.05) is 6.07 Å². The van der Waals surface area contributed by atoms with Gasteiger partial charge in [0, 0.05) is 26.3 Å². The molecule has 0 saturated carbocycles. The van der Waals surface area contributed by atoms with E-state index in [1.165, 1.54) is 14.9 Å². The Labute approximate surface area is 139 Å². The minimum absolute atomic E-state index is 0.300. The maximum absolute atomic E-state index is 6.06. The van der Waals surface area contributed by atoms with E-state index < -0.39 is 0 Å². The highest BCUT2D eigenvalue weighted by Gasteiger charge is 2.14. The first-order valence-corrected chi connectivity index (χ1v) is 8.86. The standard InChI is InChI=1S/C14H14Br2ClNS/c1-2-18-13(8-14-10(15)5-6-19-14)9-3-4-12(17)11(16)7-9/h3-7,13,18H,2,8H2,1H3. The average molecular weight is 424 g/mol. The van der Waals surface area contributed by atoms with Gasteiger partial charge in [-0.25, -0.2) is 0 Å². The second-order valence-corrected chi connectivity index (χ2v) is 7.30. The van der Waals surface area contributed by atoms with Crippen molar-refractivity contribution < 1.29 is 0 Å². The Morgan fingerprint density at radius 3 is 2.63 bits per heavy atom. The van der Waals surface area contributed by atoms with Crippen molar-refractivity contribution in [2.75, 3.05) is 6.54 Å². The van der Waals surface area contributed by atoms with Crippen LogP contribution in [0.1, 0.15) is 23.4 Å². The third-order valence-corrected chi connectivity index (χ3v) is 6.04. The molecular weight excluding hydrogens is 409 g/mol. The zero-order valence-electron chi connectivity index (χ0n) is 10.4. The van der Waals surface area contributed by atoms with Gasteiger partial charge in [-0.15, -0.1) is 11.3 Å². The summed E-state index contributed by atoms with van der Waals surface area (Å²) in [6.45, 7) is 3.06. The summed E-state index contributed by atoms with van der Waals surface area (Å²) in [7, 11) is 0. The molecule has 19 heavy (non-hydrogen) atoms. The first-order valence-electron chi connectivity index (χ1n) is 6.02. The molecule has 0 aliphatic rings. The number of nitrogens with one attached hydrogen (secondary N) is 1. The molecule has 1 heterocycles. The highest BCUT2D eigenvalue weighted by molar-refractivity contribution is 9.10. The van der Waals surface area contributed by atoms with Crippen LogP contribution >= 0.6 is 54.8 Å². The second kappa shape index (κ2) is 7.23. The van der Waals surface area contributed by atoms with Gasteiger partial charge >= 0.3 is 0 Å². The predicted molar refractivity (Wildman–Crippen MR) is 91.3 cm³/mol. The SMILES string of the molecule is CCNC(Cc1sccc1Br)c1ccc(Cl)c(Br)c1. The summed E-state index contributed by atoms with van der Waals surface area (Å²) in [6, 6.07) is 8.52. The highest BCUT2D eigenvalue weighted by atomic mass is 79.9. The summed E-state index contributed by atoms with van der Waals surface area (Å²) in [5, 5.41) is 6.39. The van der Waals surface area contributed by atoms with Crippen LogP contribution in [-0.4, -0.2) is 6.54 Å². The van der Waals surface area contributed by atoms with Crippen LogP contribution in [0, 0.1) is 0 Å². The van der Waals surface area contributed by atoms with Crippen molar-refractivity contribution in [2.45, 2.75) is 19.4 Å². The lowest BCUT2D eigenvalue weighted by atomic mass is 10.0. The van der Waals surface area contributed by atoms with E-state index in [0.717, 1.165) is 22.5 Å².